The van der Waals surface area contributed by atoms with Gasteiger partial charge in [0.25, 0.3) is 0 Å². The molecule has 0 aromatic heterocycles. The Kier molecular flexibility index (Phi) is 6.62. The topological polar surface area (TPSA) is 60.7 Å². The lowest BCUT2D eigenvalue weighted by molar-refractivity contribution is 0.469. The summed E-state index contributed by atoms with van der Waals surface area (Å²) >= 11 is 0. The van der Waals surface area contributed by atoms with Crippen LogP contribution in [0.1, 0.15) is 70.7 Å². The molecule has 180 valence electrons. The van der Waals surface area contributed by atoms with Gasteiger partial charge >= 0.3 is 0 Å². The predicted octanol–water partition coefficient (Wildman–Crippen LogP) is 7.62. The Balaban J connectivity index is 1.82. The monoisotopic (exact) mass is 466 g/mol. The summed E-state index contributed by atoms with van der Waals surface area (Å²) in [5.74, 6) is 1.12. The minimum Gasteiger partial charge on any atom is -0.508 e. The van der Waals surface area contributed by atoms with Gasteiger partial charge < -0.3 is 15.3 Å². The molecule has 0 heterocycles. The molecule has 4 aromatic carbocycles. The molecule has 3 nitrogen and oxygen atoms in total. The molecule has 0 amide bonds. The third-order valence-electron chi connectivity index (χ3n) is 7.47. The molecule has 0 aliphatic heterocycles. The summed E-state index contributed by atoms with van der Waals surface area (Å²) in [5, 5.41) is 30.3. The van der Waals surface area contributed by atoms with E-state index in [1.54, 1.807) is 18.2 Å². The van der Waals surface area contributed by atoms with Gasteiger partial charge in [0.2, 0.25) is 0 Å². The normalized spacial score (nSPS) is 12.5. The molecule has 3 N–H and O–H groups in total. The second-order valence-corrected chi connectivity index (χ2v) is 9.76. The molecule has 0 saturated carbocycles. The van der Waals surface area contributed by atoms with Crippen LogP contribution in [0.4, 0.5) is 0 Å². The zero-order valence-corrected chi connectivity index (χ0v) is 21.1. The first-order valence-corrected chi connectivity index (χ1v) is 12.1. The molecular weight excluding hydrogens is 432 g/mol. The van der Waals surface area contributed by atoms with Gasteiger partial charge in [0.05, 0.1) is 0 Å². The number of hydrogen-bond donors (Lipinski definition) is 3. The first-order chi connectivity index (χ1) is 16.6. The third kappa shape index (κ3) is 4.51. The molecular formula is C32H34O3. The van der Waals surface area contributed by atoms with Crippen LogP contribution in [0.25, 0.3) is 0 Å². The van der Waals surface area contributed by atoms with E-state index in [-0.39, 0.29) is 17.4 Å². The summed E-state index contributed by atoms with van der Waals surface area (Å²) in [6, 6.07) is 26.2. The fourth-order valence-corrected chi connectivity index (χ4v) is 5.04. The minimum absolute atomic E-state index is 0.237. The Bertz CT molecular complexity index is 1300. The van der Waals surface area contributed by atoms with E-state index in [0.29, 0.717) is 5.75 Å². The molecule has 1 atom stereocenters. The smallest absolute Gasteiger partial charge is 0.118 e. The minimum atomic E-state index is -0.480. The molecule has 0 aliphatic carbocycles. The van der Waals surface area contributed by atoms with Crippen LogP contribution in [0, 0.1) is 20.8 Å². The van der Waals surface area contributed by atoms with Crippen molar-refractivity contribution in [3.05, 3.63) is 123 Å². The maximum atomic E-state index is 10.2. The van der Waals surface area contributed by atoms with Crippen molar-refractivity contribution in [1.29, 1.82) is 0 Å². The number of hydrogen-bond acceptors (Lipinski definition) is 3. The van der Waals surface area contributed by atoms with Crippen LogP contribution in [0.5, 0.6) is 17.2 Å². The highest BCUT2D eigenvalue weighted by Crippen LogP contribution is 2.42. The molecule has 3 heteroatoms. The molecule has 1 unspecified atom stereocenters. The van der Waals surface area contributed by atoms with E-state index in [4.69, 9.17) is 0 Å². The maximum absolute atomic E-state index is 10.2. The molecule has 0 fully saturated rings. The fourth-order valence-electron chi connectivity index (χ4n) is 5.04. The highest BCUT2D eigenvalue weighted by Gasteiger charge is 2.32. The highest BCUT2D eigenvalue weighted by molar-refractivity contribution is 5.54. The molecule has 4 rings (SSSR count). The molecule has 35 heavy (non-hydrogen) atoms. The van der Waals surface area contributed by atoms with Crippen molar-refractivity contribution in [2.45, 2.75) is 52.4 Å². The SMILES string of the molecule is CCC(c1ccc(C(C)(c2ccc(O)c(C)c2)c2ccc(O)c(C)c2)cc1)c1ccc(O)c(C)c1. The summed E-state index contributed by atoms with van der Waals surface area (Å²) in [7, 11) is 0. The van der Waals surface area contributed by atoms with E-state index >= 15 is 0 Å². The Labute approximate surface area is 208 Å². The van der Waals surface area contributed by atoms with Crippen molar-refractivity contribution in [3.63, 3.8) is 0 Å². The van der Waals surface area contributed by atoms with Crippen molar-refractivity contribution in [2.24, 2.45) is 0 Å². The Morgan fingerprint density at radius 3 is 1.40 bits per heavy atom. The molecule has 0 aliphatic rings. The lowest BCUT2D eigenvalue weighted by atomic mass is 9.70. The summed E-state index contributed by atoms with van der Waals surface area (Å²) in [6.45, 7) is 10.1. The second-order valence-electron chi connectivity index (χ2n) is 9.76. The van der Waals surface area contributed by atoms with E-state index in [0.717, 1.165) is 39.8 Å². The highest BCUT2D eigenvalue weighted by atomic mass is 16.3. The van der Waals surface area contributed by atoms with Crippen LogP contribution in [0.3, 0.4) is 0 Å². The van der Waals surface area contributed by atoms with Crippen molar-refractivity contribution < 1.29 is 15.3 Å². The lowest BCUT2D eigenvalue weighted by Gasteiger charge is -2.33. The summed E-state index contributed by atoms with van der Waals surface area (Å²) in [4.78, 5) is 0. The summed E-state index contributed by atoms with van der Waals surface area (Å²) < 4.78 is 0. The average Bonchev–Trinajstić information content (AvgIpc) is 2.85. The largest absolute Gasteiger partial charge is 0.508 e. The van der Waals surface area contributed by atoms with Crippen LogP contribution in [0.15, 0.2) is 78.9 Å². The first kappa shape index (κ1) is 24.4. The molecule has 0 saturated heterocycles. The van der Waals surface area contributed by atoms with Gasteiger partial charge in [-0.25, -0.2) is 0 Å². The Hall–Kier alpha value is -3.72. The zero-order chi connectivity index (χ0) is 25.3. The fraction of sp³-hybridized carbons (Fsp3) is 0.250. The van der Waals surface area contributed by atoms with E-state index < -0.39 is 5.41 Å². The third-order valence-corrected chi connectivity index (χ3v) is 7.47. The maximum Gasteiger partial charge on any atom is 0.118 e. The average molecular weight is 467 g/mol. The number of phenolic OH excluding ortho intramolecular Hbond substituents is 3. The number of phenols is 3. The van der Waals surface area contributed by atoms with Crippen molar-refractivity contribution in [1.82, 2.24) is 0 Å². The standard InChI is InChI=1S/C32H34O3/c1-6-28(24-9-14-29(33)20(2)17-24)23-7-10-25(11-8-23)32(5,26-12-15-30(34)21(3)18-26)27-13-16-31(35)22(4)19-27/h7-19,28,33-35H,6H2,1-5H3. The summed E-state index contributed by atoms with van der Waals surface area (Å²) in [6.07, 6.45) is 0.954. The number of benzene rings is 4. The van der Waals surface area contributed by atoms with E-state index in [9.17, 15) is 15.3 Å². The zero-order valence-electron chi connectivity index (χ0n) is 21.1. The van der Waals surface area contributed by atoms with Crippen molar-refractivity contribution in [3.8, 4) is 17.2 Å². The quantitative estimate of drug-likeness (QED) is 0.256. The van der Waals surface area contributed by atoms with Gasteiger partial charge in [0.15, 0.2) is 0 Å². The Morgan fingerprint density at radius 1 is 0.571 bits per heavy atom. The number of aromatic hydroxyl groups is 3. The second kappa shape index (κ2) is 9.50. The van der Waals surface area contributed by atoms with Crippen molar-refractivity contribution >= 4 is 0 Å². The Morgan fingerprint density at radius 2 is 0.971 bits per heavy atom. The van der Waals surface area contributed by atoms with Gasteiger partial charge in [-0.05, 0) is 96.8 Å². The van der Waals surface area contributed by atoms with Crippen LogP contribution in [0.2, 0.25) is 0 Å². The van der Waals surface area contributed by atoms with E-state index in [1.807, 2.05) is 51.1 Å². The number of aryl methyl sites for hydroxylation is 3. The van der Waals surface area contributed by atoms with Gasteiger partial charge in [-0.2, -0.15) is 0 Å². The van der Waals surface area contributed by atoms with E-state index in [1.165, 1.54) is 11.1 Å². The lowest BCUT2D eigenvalue weighted by Crippen LogP contribution is -2.25. The van der Waals surface area contributed by atoms with Gasteiger partial charge in [0, 0.05) is 11.3 Å². The summed E-state index contributed by atoms with van der Waals surface area (Å²) in [5.41, 5.74) is 7.77. The molecule has 0 bridgehead atoms. The van der Waals surface area contributed by atoms with Gasteiger partial charge in [-0.1, -0.05) is 67.6 Å². The molecule has 0 spiro atoms. The van der Waals surface area contributed by atoms with Crippen LogP contribution < -0.4 is 0 Å². The van der Waals surface area contributed by atoms with E-state index in [2.05, 4.69) is 44.2 Å². The number of rotatable bonds is 6. The van der Waals surface area contributed by atoms with Crippen molar-refractivity contribution in [2.75, 3.05) is 0 Å². The van der Waals surface area contributed by atoms with Gasteiger partial charge in [0.1, 0.15) is 17.2 Å². The van der Waals surface area contributed by atoms with Crippen LogP contribution in [-0.4, -0.2) is 15.3 Å². The van der Waals surface area contributed by atoms with Crippen LogP contribution >= 0.6 is 0 Å². The molecule has 4 aromatic rings. The first-order valence-electron chi connectivity index (χ1n) is 12.1. The molecule has 0 radical (unpaired) electrons. The van der Waals surface area contributed by atoms with Gasteiger partial charge in [-0.15, -0.1) is 0 Å². The van der Waals surface area contributed by atoms with Crippen LogP contribution in [-0.2, 0) is 5.41 Å². The van der Waals surface area contributed by atoms with Gasteiger partial charge in [-0.3, -0.25) is 0 Å². The predicted molar refractivity (Wildman–Crippen MR) is 143 cm³/mol.